The Balaban J connectivity index is 1.29. The van der Waals surface area contributed by atoms with Crippen molar-refractivity contribution in [3.8, 4) is 11.5 Å². The van der Waals surface area contributed by atoms with Gasteiger partial charge in [-0.1, -0.05) is 6.07 Å². The second-order valence-corrected chi connectivity index (χ2v) is 9.26. The molecular weight excluding hydrogens is 424 g/mol. The number of aryl methyl sites for hydroxylation is 5. The van der Waals surface area contributed by atoms with Gasteiger partial charge >= 0.3 is 0 Å². The zero-order valence-electron chi connectivity index (χ0n) is 18.1. The molecule has 8 heteroatoms. The third kappa shape index (κ3) is 3.86. The largest absolute Gasteiger partial charge is 0.441 e. The fraction of sp³-hybridized carbons (Fsp3) is 0.333. The fourth-order valence-electron chi connectivity index (χ4n) is 4.11. The molecule has 0 saturated carbocycles. The molecule has 1 aliphatic carbocycles. The standard InChI is InChI=1S/C24H24N4O3S/c1-14-15(2)31-22(26-14)16-6-5-7-17(12-16)27-20(29)10-11-28-13-25-23-21(24(28)30)18-8-3-4-9-19(18)32-23/h5-7,12-13H,3-4,8-11H2,1-2H3,(H,27,29). The second-order valence-electron chi connectivity index (χ2n) is 8.17. The number of nitrogens with zero attached hydrogens (tertiary/aromatic N) is 3. The lowest BCUT2D eigenvalue weighted by Crippen LogP contribution is -2.24. The molecule has 1 N–H and O–H groups in total. The quantitative estimate of drug-likeness (QED) is 0.480. The van der Waals surface area contributed by atoms with Gasteiger partial charge in [0.15, 0.2) is 0 Å². The number of carbonyl (C=O) groups is 1. The van der Waals surface area contributed by atoms with E-state index in [1.807, 2.05) is 38.1 Å². The summed E-state index contributed by atoms with van der Waals surface area (Å²) in [6.45, 7) is 4.06. The minimum Gasteiger partial charge on any atom is -0.441 e. The maximum Gasteiger partial charge on any atom is 0.262 e. The molecule has 0 unspecified atom stereocenters. The number of rotatable bonds is 5. The summed E-state index contributed by atoms with van der Waals surface area (Å²) < 4.78 is 7.23. The number of carbonyl (C=O) groups excluding carboxylic acids is 1. The SMILES string of the molecule is Cc1nc(-c2cccc(NC(=O)CCn3cnc4sc5c(c4c3=O)CCCC5)c2)oc1C. The van der Waals surface area contributed by atoms with Crippen molar-refractivity contribution >= 4 is 33.1 Å². The lowest BCUT2D eigenvalue weighted by molar-refractivity contribution is -0.116. The van der Waals surface area contributed by atoms with E-state index in [1.54, 1.807) is 22.2 Å². The smallest absolute Gasteiger partial charge is 0.262 e. The van der Waals surface area contributed by atoms with E-state index < -0.39 is 0 Å². The fourth-order valence-corrected chi connectivity index (χ4v) is 5.33. The predicted octanol–water partition coefficient (Wildman–Crippen LogP) is 4.64. The monoisotopic (exact) mass is 448 g/mol. The molecule has 0 spiro atoms. The molecule has 3 heterocycles. The first-order valence-corrected chi connectivity index (χ1v) is 11.7. The third-order valence-corrected chi connectivity index (χ3v) is 7.14. The van der Waals surface area contributed by atoms with Gasteiger partial charge in [-0.15, -0.1) is 11.3 Å². The molecule has 0 fully saturated rings. The van der Waals surface area contributed by atoms with Crippen LogP contribution in [0.15, 0.2) is 39.8 Å². The number of benzene rings is 1. The highest BCUT2D eigenvalue weighted by atomic mass is 32.1. The predicted molar refractivity (Wildman–Crippen MR) is 125 cm³/mol. The Kier molecular flexibility index (Phi) is 5.38. The molecule has 0 aliphatic heterocycles. The summed E-state index contributed by atoms with van der Waals surface area (Å²) >= 11 is 1.63. The Morgan fingerprint density at radius 1 is 1.25 bits per heavy atom. The summed E-state index contributed by atoms with van der Waals surface area (Å²) in [6, 6.07) is 7.39. The van der Waals surface area contributed by atoms with Crippen LogP contribution in [0, 0.1) is 13.8 Å². The van der Waals surface area contributed by atoms with Crippen molar-refractivity contribution in [3.05, 3.63) is 62.8 Å². The molecule has 1 aromatic carbocycles. The van der Waals surface area contributed by atoms with E-state index in [2.05, 4.69) is 15.3 Å². The number of anilines is 1. The van der Waals surface area contributed by atoms with Gasteiger partial charge in [0, 0.05) is 29.1 Å². The second kappa shape index (κ2) is 8.35. The Morgan fingerprint density at radius 3 is 2.91 bits per heavy atom. The van der Waals surface area contributed by atoms with Crippen LogP contribution in [0.25, 0.3) is 21.7 Å². The van der Waals surface area contributed by atoms with Crippen molar-refractivity contribution in [2.75, 3.05) is 5.32 Å². The highest BCUT2D eigenvalue weighted by Gasteiger charge is 2.20. The van der Waals surface area contributed by atoms with Gasteiger partial charge in [-0.3, -0.25) is 14.2 Å². The number of nitrogens with one attached hydrogen (secondary N) is 1. The summed E-state index contributed by atoms with van der Waals surface area (Å²) in [7, 11) is 0. The van der Waals surface area contributed by atoms with Gasteiger partial charge in [-0.25, -0.2) is 9.97 Å². The number of amides is 1. The van der Waals surface area contributed by atoms with E-state index >= 15 is 0 Å². The Hall–Kier alpha value is -3.26. The third-order valence-electron chi connectivity index (χ3n) is 5.94. The number of oxazole rings is 1. The topological polar surface area (TPSA) is 90.0 Å². The molecule has 0 atom stereocenters. The maximum atomic E-state index is 13.0. The molecule has 164 valence electrons. The molecule has 7 nitrogen and oxygen atoms in total. The van der Waals surface area contributed by atoms with Gasteiger partial charge in [0.25, 0.3) is 5.56 Å². The first-order chi connectivity index (χ1) is 15.5. The zero-order chi connectivity index (χ0) is 22.2. The number of fused-ring (bicyclic) bond motifs is 3. The van der Waals surface area contributed by atoms with Crippen molar-refractivity contribution in [2.24, 2.45) is 0 Å². The summed E-state index contributed by atoms with van der Waals surface area (Å²) in [5.41, 5.74) is 3.43. The van der Waals surface area contributed by atoms with Gasteiger partial charge in [0.2, 0.25) is 11.8 Å². The van der Waals surface area contributed by atoms with Crippen molar-refractivity contribution in [1.82, 2.24) is 14.5 Å². The average molecular weight is 449 g/mol. The van der Waals surface area contributed by atoms with Crippen molar-refractivity contribution in [2.45, 2.75) is 52.5 Å². The summed E-state index contributed by atoms with van der Waals surface area (Å²) in [5.74, 6) is 1.14. The van der Waals surface area contributed by atoms with Crippen LogP contribution in [0.3, 0.4) is 0 Å². The molecule has 1 aliphatic rings. The van der Waals surface area contributed by atoms with E-state index in [0.29, 0.717) is 11.6 Å². The Labute approximate surface area is 189 Å². The molecule has 0 bridgehead atoms. The molecular formula is C24H24N4O3S. The number of hydrogen-bond acceptors (Lipinski definition) is 6. The molecule has 0 radical (unpaired) electrons. The minimum atomic E-state index is -0.166. The van der Waals surface area contributed by atoms with Gasteiger partial charge in [-0.2, -0.15) is 0 Å². The summed E-state index contributed by atoms with van der Waals surface area (Å²) in [4.78, 5) is 36.6. The van der Waals surface area contributed by atoms with E-state index in [0.717, 1.165) is 46.5 Å². The van der Waals surface area contributed by atoms with Crippen molar-refractivity contribution < 1.29 is 9.21 Å². The number of aromatic nitrogens is 3. The van der Waals surface area contributed by atoms with E-state index in [4.69, 9.17) is 4.42 Å². The van der Waals surface area contributed by atoms with Crippen molar-refractivity contribution in [3.63, 3.8) is 0 Å². The van der Waals surface area contributed by atoms with Gasteiger partial charge < -0.3 is 9.73 Å². The molecule has 5 rings (SSSR count). The molecule has 4 aromatic rings. The Morgan fingerprint density at radius 2 is 2.09 bits per heavy atom. The average Bonchev–Trinajstić information content (AvgIpc) is 3.33. The normalized spacial score (nSPS) is 13.3. The summed E-state index contributed by atoms with van der Waals surface area (Å²) in [5, 5.41) is 3.65. The molecule has 1 amide bonds. The van der Waals surface area contributed by atoms with Crippen LogP contribution in [0.1, 0.15) is 41.2 Å². The first-order valence-electron chi connectivity index (χ1n) is 10.8. The van der Waals surface area contributed by atoms with Crippen LogP contribution in [-0.4, -0.2) is 20.4 Å². The van der Waals surface area contributed by atoms with Crippen LogP contribution in [0.2, 0.25) is 0 Å². The number of thiophene rings is 1. The lowest BCUT2D eigenvalue weighted by Gasteiger charge is -2.10. The number of hydrogen-bond donors (Lipinski definition) is 1. The minimum absolute atomic E-state index is 0.0427. The highest BCUT2D eigenvalue weighted by molar-refractivity contribution is 7.18. The van der Waals surface area contributed by atoms with Crippen LogP contribution >= 0.6 is 11.3 Å². The van der Waals surface area contributed by atoms with Crippen LogP contribution in [-0.2, 0) is 24.2 Å². The molecule has 32 heavy (non-hydrogen) atoms. The van der Waals surface area contributed by atoms with Crippen LogP contribution < -0.4 is 10.9 Å². The van der Waals surface area contributed by atoms with Gasteiger partial charge in [-0.05, 0) is 63.3 Å². The van der Waals surface area contributed by atoms with Crippen molar-refractivity contribution in [1.29, 1.82) is 0 Å². The van der Waals surface area contributed by atoms with E-state index in [-0.39, 0.29) is 24.4 Å². The van der Waals surface area contributed by atoms with E-state index in [1.165, 1.54) is 16.9 Å². The Bertz CT molecular complexity index is 1360. The molecule has 3 aromatic heterocycles. The maximum absolute atomic E-state index is 13.0. The van der Waals surface area contributed by atoms with E-state index in [9.17, 15) is 9.59 Å². The lowest BCUT2D eigenvalue weighted by atomic mass is 9.97. The zero-order valence-corrected chi connectivity index (χ0v) is 18.9. The summed E-state index contributed by atoms with van der Waals surface area (Å²) in [6.07, 6.45) is 6.00. The van der Waals surface area contributed by atoms with Gasteiger partial charge in [0.1, 0.15) is 10.6 Å². The van der Waals surface area contributed by atoms with Crippen LogP contribution in [0.4, 0.5) is 5.69 Å². The first kappa shape index (κ1) is 20.6. The van der Waals surface area contributed by atoms with Crippen LogP contribution in [0.5, 0.6) is 0 Å². The van der Waals surface area contributed by atoms with Gasteiger partial charge in [0.05, 0.1) is 17.4 Å². The highest BCUT2D eigenvalue weighted by Crippen LogP contribution is 2.33. The molecule has 0 saturated heterocycles.